The first-order valence-corrected chi connectivity index (χ1v) is 19.7. The molecule has 0 aliphatic carbocycles. The monoisotopic (exact) mass is 719 g/mol. The molecule has 53 heavy (non-hydrogen) atoms. The molecule has 4 aromatic carbocycles. The van der Waals surface area contributed by atoms with E-state index in [0.29, 0.717) is 35.5 Å². The van der Waals surface area contributed by atoms with Gasteiger partial charge in [0.15, 0.2) is 0 Å². The van der Waals surface area contributed by atoms with E-state index in [1.165, 1.54) is 50.1 Å². The molecule has 290 valence electrons. The highest BCUT2D eigenvalue weighted by Crippen LogP contribution is 2.29. The molecule has 0 atom stereocenters. The molecule has 0 unspecified atom stereocenters. The van der Waals surface area contributed by atoms with E-state index >= 15 is 0 Å². The highest BCUT2D eigenvalue weighted by molar-refractivity contribution is 5.52. The van der Waals surface area contributed by atoms with Gasteiger partial charge in [-0.25, -0.2) is 0 Å². The molecule has 0 aromatic heterocycles. The van der Waals surface area contributed by atoms with Gasteiger partial charge >= 0.3 is 0 Å². The molecule has 0 spiro atoms. The van der Waals surface area contributed by atoms with Crippen LogP contribution < -0.4 is 9.47 Å². The lowest BCUT2D eigenvalue weighted by molar-refractivity contribution is 0.407. The minimum Gasteiger partial charge on any atom is -0.496 e. The molecule has 0 saturated carbocycles. The van der Waals surface area contributed by atoms with Crippen molar-refractivity contribution in [1.29, 1.82) is 0 Å². The maximum atomic E-state index is 5.36. The van der Waals surface area contributed by atoms with Gasteiger partial charge in [-0.15, -0.1) is 6.58 Å². The molecule has 4 rings (SSSR count). The van der Waals surface area contributed by atoms with Gasteiger partial charge in [-0.1, -0.05) is 168 Å². The summed E-state index contributed by atoms with van der Waals surface area (Å²) in [7, 11) is 3.42. The quantitative estimate of drug-likeness (QED) is 0.144. The van der Waals surface area contributed by atoms with Crippen LogP contribution in [0, 0.1) is 13.8 Å². The van der Waals surface area contributed by atoms with Crippen LogP contribution in [0.5, 0.6) is 11.5 Å². The molecule has 0 radical (unpaired) electrons. The first-order chi connectivity index (χ1) is 24.9. The normalized spacial score (nSPS) is 10.8. The van der Waals surface area contributed by atoms with E-state index in [0.717, 1.165) is 23.5 Å². The van der Waals surface area contributed by atoms with Crippen LogP contribution in [0.25, 0.3) is 6.08 Å². The lowest BCUT2D eigenvalue weighted by Gasteiger charge is -2.16. The summed E-state index contributed by atoms with van der Waals surface area (Å²) in [5.74, 6) is 5.48. The standard InChI is InChI=1S/C13H18O.2C13H20.C12H16O/c1-5-6-11-7-8-12(10(2)3)13(9-11)14-4;1-9(2)12-7-6-11(5)13(8-12)10(3)4;1-9(2)12-7-6-11(5)8-13(12)10(3)4;1-5-10-6-7-11(9(2)3)12(8-10)13-4/h5,7-10H,1,6H2,2-4H3;2*6-10H,1-5H3;5-9H,1H2,2-4H3. The Labute approximate surface area is 326 Å². The van der Waals surface area contributed by atoms with Crippen molar-refractivity contribution >= 4 is 6.08 Å². The van der Waals surface area contributed by atoms with Crippen molar-refractivity contribution in [3.63, 3.8) is 0 Å². The average Bonchev–Trinajstić information content (AvgIpc) is 3.11. The van der Waals surface area contributed by atoms with Crippen molar-refractivity contribution in [1.82, 2.24) is 0 Å². The molecular formula is C51H74O2. The van der Waals surface area contributed by atoms with E-state index in [2.05, 4.69) is 177 Å². The number of rotatable bonds is 11. The Morgan fingerprint density at radius 2 is 0.981 bits per heavy atom. The molecule has 2 nitrogen and oxygen atoms in total. The van der Waals surface area contributed by atoms with E-state index in [-0.39, 0.29) is 0 Å². The number of hydrogen-bond donors (Lipinski definition) is 0. The second-order valence-electron chi connectivity index (χ2n) is 16.0. The summed E-state index contributed by atoms with van der Waals surface area (Å²) in [5, 5.41) is 0. The first-order valence-electron chi connectivity index (χ1n) is 19.7. The summed E-state index contributed by atoms with van der Waals surface area (Å²) in [4.78, 5) is 0. The Bertz CT molecular complexity index is 1680. The first kappa shape index (κ1) is 47.0. The third-order valence-corrected chi connectivity index (χ3v) is 9.49. The van der Waals surface area contributed by atoms with Crippen molar-refractivity contribution in [3.05, 3.63) is 148 Å². The van der Waals surface area contributed by atoms with E-state index in [9.17, 15) is 0 Å². The second kappa shape index (κ2) is 23.6. The van der Waals surface area contributed by atoms with Gasteiger partial charge in [0.2, 0.25) is 0 Å². The van der Waals surface area contributed by atoms with Gasteiger partial charge in [0, 0.05) is 0 Å². The average molecular weight is 719 g/mol. The van der Waals surface area contributed by atoms with Crippen LogP contribution in [0.4, 0.5) is 0 Å². The fourth-order valence-electron chi connectivity index (χ4n) is 6.22. The van der Waals surface area contributed by atoms with Gasteiger partial charge in [0.25, 0.3) is 0 Å². The number of allylic oxidation sites excluding steroid dienone is 1. The predicted octanol–water partition coefficient (Wildman–Crippen LogP) is 15.5. The maximum Gasteiger partial charge on any atom is 0.122 e. The van der Waals surface area contributed by atoms with Gasteiger partial charge in [0.1, 0.15) is 11.5 Å². The Morgan fingerprint density at radius 3 is 1.43 bits per heavy atom. The van der Waals surface area contributed by atoms with E-state index in [1.54, 1.807) is 14.2 Å². The fraction of sp³-hybridized carbons (Fsp3) is 0.451. The van der Waals surface area contributed by atoms with Crippen molar-refractivity contribution in [2.45, 2.75) is 139 Å². The largest absolute Gasteiger partial charge is 0.496 e. The molecule has 0 heterocycles. The zero-order valence-corrected chi connectivity index (χ0v) is 36.5. The molecule has 0 aliphatic rings. The van der Waals surface area contributed by atoms with Crippen LogP contribution in [-0.4, -0.2) is 14.2 Å². The van der Waals surface area contributed by atoms with Crippen LogP contribution in [0.2, 0.25) is 0 Å². The predicted molar refractivity (Wildman–Crippen MR) is 237 cm³/mol. The molecule has 0 N–H and O–H groups in total. The van der Waals surface area contributed by atoms with Crippen molar-refractivity contribution in [3.8, 4) is 11.5 Å². The molecule has 0 aliphatic heterocycles. The van der Waals surface area contributed by atoms with Crippen LogP contribution in [0.1, 0.15) is 174 Å². The molecule has 4 aromatic rings. The van der Waals surface area contributed by atoms with Crippen molar-refractivity contribution in [2.75, 3.05) is 14.2 Å². The van der Waals surface area contributed by atoms with Gasteiger partial charge in [-0.05, 0) is 118 Å². The van der Waals surface area contributed by atoms with Crippen molar-refractivity contribution < 1.29 is 9.47 Å². The van der Waals surface area contributed by atoms with Gasteiger partial charge in [-0.3, -0.25) is 0 Å². The number of ether oxygens (including phenoxy) is 2. The minimum atomic E-state index is 0.494. The zero-order chi connectivity index (χ0) is 40.4. The Kier molecular flexibility index (Phi) is 20.9. The smallest absolute Gasteiger partial charge is 0.122 e. The molecule has 2 heteroatoms. The molecule has 0 saturated heterocycles. The lowest BCUT2D eigenvalue weighted by Crippen LogP contribution is -1.98. The number of benzene rings is 4. The van der Waals surface area contributed by atoms with Gasteiger partial charge in [-0.2, -0.15) is 0 Å². The van der Waals surface area contributed by atoms with Crippen LogP contribution in [0.3, 0.4) is 0 Å². The van der Waals surface area contributed by atoms with Crippen LogP contribution in [-0.2, 0) is 6.42 Å². The maximum absolute atomic E-state index is 5.36. The van der Waals surface area contributed by atoms with Crippen LogP contribution in [0.15, 0.2) is 92.0 Å². The Hall–Kier alpha value is -4.04. The highest BCUT2D eigenvalue weighted by Gasteiger charge is 2.10. The molecule has 0 amide bonds. The number of methoxy groups -OCH3 is 2. The minimum absolute atomic E-state index is 0.494. The van der Waals surface area contributed by atoms with Gasteiger partial charge in [0.05, 0.1) is 14.2 Å². The third-order valence-electron chi connectivity index (χ3n) is 9.49. The van der Waals surface area contributed by atoms with E-state index in [1.807, 2.05) is 18.2 Å². The zero-order valence-electron chi connectivity index (χ0n) is 36.5. The second-order valence-corrected chi connectivity index (χ2v) is 16.0. The van der Waals surface area contributed by atoms with Crippen molar-refractivity contribution in [2.24, 2.45) is 0 Å². The van der Waals surface area contributed by atoms with Crippen LogP contribution >= 0.6 is 0 Å². The number of aryl methyl sites for hydroxylation is 2. The van der Waals surface area contributed by atoms with E-state index in [4.69, 9.17) is 9.47 Å². The Morgan fingerprint density at radius 1 is 0.491 bits per heavy atom. The summed E-state index contributed by atoms with van der Waals surface area (Å²) >= 11 is 0. The SMILES string of the molecule is C=CCc1ccc(C(C)C)c(OC)c1.C=Cc1ccc(C(C)C)c(OC)c1.Cc1ccc(C(C)C)c(C(C)C)c1.Cc1ccc(C(C)C)cc1C(C)C. The summed E-state index contributed by atoms with van der Waals surface area (Å²) < 4.78 is 10.7. The van der Waals surface area contributed by atoms with E-state index < -0.39 is 0 Å². The Balaban J connectivity index is 0.000000354. The summed E-state index contributed by atoms with van der Waals surface area (Å²) in [6.45, 7) is 38.5. The third kappa shape index (κ3) is 15.5. The van der Waals surface area contributed by atoms with Gasteiger partial charge < -0.3 is 9.47 Å². The lowest BCUT2D eigenvalue weighted by atomic mass is 9.89. The molecule has 0 bridgehead atoms. The molecule has 0 fully saturated rings. The number of hydrogen-bond acceptors (Lipinski definition) is 2. The summed E-state index contributed by atoms with van der Waals surface area (Å²) in [6, 6.07) is 26.2. The fourth-order valence-corrected chi connectivity index (χ4v) is 6.22. The topological polar surface area (TPSA) is 18.5 Å². The summed E-state index contributed by atoms with van der Waals surface area (Å²) in [5.41, 5.74) is 13.6. The summed E-state index contributed by atoms with van der Waals surface area (Å²) in [6.07, 6.45) is 4.63. The molecular weight excluding hydrogens is 645 g/mol. The highest BCUT2D eigenvalue weighted by atomic mass is 16.5.